The van der Waals surface area contributed by atoms with Crippen LogP contribution < -0.4 is 0 Å². The molecule has 0 N–H and O–H groups in total. The van der Waals surface area contributed by atoms with E-state index in [-0.39, 0.29) is 0 Å². The quantitative estimate of drug-likeness (QED) is 0.199. The molecule has 0 saturated heterocycles. The largest absolute Gasteiger partial charge is 0.309 e. The zero-order valence-corrected chi connectivity index (χ0v) is 25.8. The Morgan fingerprint density at radius 1 is 0.354 bits per heavy atom. The van der Waals surface area contributed by atoms with Gasteiger partial charge in [-0.15, -0.1) is 0 Å². The summed E-state index contributed by atoms with van der Waals surface area (Å²) < 4.78 is 4.72. The van der Waals surface area contributed by atoms with Crippen LogP contribution in [-0.2, 0) is 0 Å². The highest BCUT2D eigenvalue weighted by Gasteiger charge is 2.22. The molecule has 9 rings (SSSR count). The average molecular weight is 611 g/mol. The Labute approximate surface area is 277 Å². The van der Waals surface area contributed by atoms with Crippen molar-refractivity contribution < 1.29 is 0 Å². The van der Waals surface area contributed by atoms with Gasteiger partial charge in [-0.2, -0.15) is 10.5 Å². The van der Waals surface area contributed by atoms with Crippen LogP contribution in [0.1, 0.15) is 11.1 Å². The number of nitriles is 2. The number of para-hydroxylation sites is 4. The van der Waals surface area contributed by atoms with E-state index in [2.05, 4.69) is 130 Å². The number of fused-ring (bicyclic) bond motifs is 6. The van der Waals surface area contributed by atoms with Crippen LogP contribution in [0.15, 0.2) is 158 Å². The van der Waals surface area contributed by atoms with Crippen molar-refractivity contribution in [1.82, 2.24) is 9.13 Å². The maximum atomic E-state index is 9.63. The molecule has 0 radical (unpaired) electrons. The van der Waals surface area contributed by atoms with Gasteiger partial charge in [0.25, 0.3) is 0 Å². The van der Waals surface area contributed by atoms with Crippen LogP contribution in [0.5, 0.6) is 0 Å². The van der Waals surface area contributed by atoms with Crippen LogP contribution in [0, 0.1) is 22.7 Å². The van der Waals surface area contributed by atoms with Gasteiger partial charge < -0.3 is 9.13 Å². The van der Waals surface area contributed by atoms with Crippen molar-refractivity contribution in [1.29, 1.82) is 10.5 Å². The molecule has 4 nitrogen and oxygen atoms in total. The molecule has 48 heavy (non-hydrogen) atoms. The Morgan fingerprint density at radius 3 is 0.938 bits per heavy atom. The summed E-state index contributed by atoms with van der Waals surface area (Å²) in [5, 5.41) is 24.0. The Morgan fingerprint density at radius 2 is 0.646 bits per heavy atom. The minimum absolute atomic E-state index is 0.619. The molecular weight excluding hydrogens is 585 g/mol. The van der Waals surface area contributed by atoms with Crippen LogP contribution in [0.2, 0.25) is 0 Å². The summed E-state index contributed by atoms with van der Waals surface area (Å²) >= 11 is 0. The van der Waals surface area contributed by atoms with Crippen molar-refractivity contribution in [3.8, 4) is 45.8 Å². The van der Waals surface area contributed by atoms with Crippen molar-refractivity contribution in [3.63, 3.8) is 0 Å². The summed E-state index contributed by atoms with van der Waals surface area (Å²) in [5.41, 5.74) is 11.9. The highest BCUT2D eigenvalue weighted by Crippen LogP contribution is 2.43. The van der Waals surface area contributed by atoms with Crippen molar-refractivity contribution >= 4 is 43.6 Å². The Balaban J connectivity index is 1.47. The first-order valence-electron chi connectivity index (χ1n) is 15.9. The van der Waals surface area contributed by atoms with E-state index < -0.39 is 0 Å². The lowest BCUT2D eigenvalue weighted by atomic mass is 9.94. The van der Waals surface area contributed by atoms with Gasteiger partial charge in [-0.05, 0) is 71.8 Å². The summed E-state index contributed by atoms with van der Waals surface area (Å²) in [6, 6.07) is 59.1. The topological polar surface area (TPSA) is 57.4 Å². The first-order valence-corrected chi connectivity index (χ1v) is 15.9. The maximum absolute atomic E-state index is 9.63. The van der Waals surface area contributed by atoms with E-state index in [1.807, 2.05) is 48.5 Å². The SMILES string of the molecule is N#Cc1ccc(-c2cc(-n3c4ccccc4c4ccccc43)c(-c3ccc(C#N)cc3)cc2-n2c3ccccc3c3ccccc32)cc1. The lowest BCUT2D eigenvalue weighted by Crippen LogP contribution is -2.03. The molecule has 9 aromatic rings. The third kappa shape index (κ3) is 4.14. The van der Waals surface area contributed by atoms with E-state index in [1.54, 1.807) is 0 Å². The number of nitrogens with zero attached hydrogens (tertiary/aromatic N) is 4. The normalized spacial score (nSPS) is 11.3. The van der Waals surface area contributed by atoms with Gasteiger partial charge in [0.15, 0.2) is 0 Å². The molecule has 222 valence electrons. The highest BCUT2D eigenvalue weighted by molar-refractivity contribution is 6.11. The predicted molar refractivity (Wildman–Crippen MR) is 195 cm³/mol. The summed E-state index contributed by atoms with van der Waals surface area (Å²) in [4.78, 5) is 0. The van der Waals surface area contributed by atoms with Gasteiger partial charge in [0.05, 0.1) is 56.7 Å². The Bertz CT molecular complexity index is 2480. The minimum Gasteiger partial charge on any atom is -0.309 e. The molecule has 7 aromatic carbocycles. The average Bonchev–Trinajstić information content (AvgIpc) is 3.67. The van der Waals surface area contributed by atoms with Gasteiger partial charge in [-0.1, -0.05) is 97.1 Å². The van der Waals surface area contributed by atoms with Gasteiger partial charge in [0, 0.05) is 32.7 Å². The fourth-order valence-electron chi connectivity index (χ4n) is 7.22. The molecule has 0 aliphatic heterocycles. The van der Waals surface area contributed by atoms with Gasteiger partial charge in [0.2, 0.25) is 0 Å². The van der Waals surface area contributed by atoms with E-state index in [0.717, 1.165) is 55.7 Å². The molecule has 0 atom stereocenters. The van der Waals surface area contributed by atoms with E-state index in [4.69, 9.17) is 0 Å². The van der Waals surface area contributed by atoms with Gasteiger partial charge in [0.1, 0.15) is 0 Å². The minimum atomic E-state index is 0.619. The molecular formula is C44H26N4. The molecule has 0 aliphatic carbocycles. The van der Waals surface area contributed by atoms with Crippen molar-refractivity contribution in [2.24, 2.45) is 0 Å². The number of rotatable bonds is 4. The summed E-state index contributed by atoms with van der Waals surface area (Å²) in [6.07, 6.45) is 0. The number of aromatic nitrogens is 2. The molecule has 0 saturated carbocycles. The molecule has 0 fully saturated rings. The number of hydrogen-bond donors (Lipinski definition) is 0. The summed E-state index contributed by atoms with van der Waals surface area (Å²) in [6.45, 7) is 0. The third-order valence-electron chi connectivity index (χ3n) is 9.41. The lowest BCUT2D eigenvalue weighted by molar-refractivity contribution is 1.15. The Kier molecular flexibility index (Phi) is 6.22. The van der Waals surface area contributed by atoms with E-state index in [1.165, 1.54) is 21.5 Å². The first kappa shape index (κ1) is 27.4. The van der Waals surface area contributed by atoms with Gasteiger partial charge >= 0.3 is 0 Å². The van der Waals surface area contributed by atoms with Crippen LogP contribution in [0.25, 0.3) is 77.2 Å². The van der Waals surface area contributed by atoms with Crippen LogP contribution >= 0.6 is 0 Å². The zero-order valence-electron chi connectivity index (χ0n) is 25.8. The standard InChI is InChI=1S/C44H26N4/c45-27-29-17-21-31(22-18-29)37-26-44(48-41-15-7-3-11-35(41)36-12-4-8-16-42(36)48)38(32-23-19-30(28-46)20-24-32)25-43(37)47-39-13-5-1-9-33(39)34-10-2-6-14-40(34)47/h1-26H. The van der Waals surface area contributed by atoms with E-state index >= 15 is 0 Å². The highest BCUT2D eigenvalue weighted by atomic mass is 15.0. The van der Waals surface area contributed by atoms with Crippen molar-refractivity contribution in [2.45, 2.75) is 0 Å². The molecule has 2 heterocycles. The molecule has 2 aromatic heterocycles. The predicted octanol–water partition coefficient (Wildman–Crippen LogP) is 11.0. The molecule has 0 aliphatic rings. The Hall–Kier alpha value is -6.88. The van der Waals surface area contributed by atoms with Crippen LogP contribution in [0.4, 0.5) is 0 Å². The number of benzene rings is 7. The summed E-state index contributed by atoms with van der Waals surface area (Å²) in [7, 11) is 0. The first-order chi connectivity index (χ1) is 23.7. The fourth-order valence-corrected chi connectivity index (χ4v) is 7.22. The fraction of sp³-hybridized carbons (Fsp3) is 0. The van der Waals surface area contributed by atoms with E-state index in [9.17, 15) is 10.5 Å². The smallest absolute Gasteiger partial charge is 0.0991 e. The second-order valence-corrected chi connectivity index (χ2v) is 12.0. The molecule has 4 heteroatoms. The monoisotopic (exact) mass is 610 g/mol. The second kappa shape index (κ2) is 10.9. The molecule has 0 unspecified atom stereocenters. The van der Waals surface area contributed by atoms with Crippen molar-refractivity contribution in [2.75, 3.05) is 0 Å². The van der Waals surface area contributed by atoms with Crippen molar-refractivity contribution in [3.05, 3.63) is 169 Å². The molecule has 0 spiro atoms. The van der Waals surface area contributed by atoms with Crippen LogP contribution in [-0.4, -0.2) is 9.13 Å². The third-order valence-corrected chi connectivity index (χ3v) is 9.41. The van der Waals surface area contributed by atoms with Crippen LogP contribution in [0.3, 0.4) is 0 Å². The van der Waals surface area contributed by atoms with Gasteiger partial charge in [-0.3, -0.25) is 0 Å². The summed E-state index contributed by atoms with van der Waals surface area (Å²) in [5.74, 6) is 0. The molecule has 0 amide bonds. The lowest BCUT2D eigenvalue weighted by Gasteiger charge is -2.21. The maximum Gasteiger partial charge on any atom is 0.0991 e. The number of hydrogen-bond acceptors (Lipinski definition) is 2. The second-order valence-electron chi connectivity index (χ2n) is 12.0. The van der Waals surface area contributed by atoms with Gasteiger partial charge in [-0.25, -0.2) is 0 Å². The van der Waals surface area contributed by atoms with E-state index in [0.29, 0.717) is 11.1 Å². The molecule has 0 bridgehead atoms. The zero-order chi connectivity index (χ0) is 32.2.